The van der Waals surface area contributed by atoms with Gasteiger partial charge in [0.2, 0.25) is 0 Å². The molecule has 0 bridgehead atoms. The van der Waals surface area contributed by atoms with Gasteiger partial charge in [0.15, 0.2) is 0 Å². The highest BCUT2D eigenvalue weighted by Gasteiger charge is 2.00. The smallest absolute Gasteiger partial charge is 0.119 e. The summed E-state index contributed by atoms with van der Waals surface area (Å²) < 4.78 is 7.54. The van der Waals surface area contributed by atoms with Crippen LogP contribution in [0.2, 0.25) is 0 Å². The first-order valence-corrected chi connectivity index (χ1v) is 7.73. The van der Waals surface area contributed by atoms with Crippen LogP contribution in [0.25, 0.3) is 0 Å². The van der Waals surface area contributed by atoms with Gasteiger partial charge < -0.3 is 10.1 Å². The third kappa shape index (κ3) is 5.04. The van der Waals surface area contributed by atoms with Crippen LogP contribution in [0, 0.1) is 13.8 Å². The van der Waals surface area contributed by atoms with Crippen molar-refractivity contribution in [2.45, 2.75) is 33.4 Å². The van der Waals surface area contributed by atoms with Crippen LogP contribution >= 0.6 is 0 Å². The molecule has 0 atom stereocenters. The normalized spacial score (nSPS) is 10.6. The Bertz CT molecular complexity index is 587. The fourth-order valence-corrected chi connectivity index (χ4v) is 2.35. The summed E-state index contributed by atoms with van der Waals surface area (Å²) in [5.74, 6) is 0.883. The Balaban J connectivity index is 1.66. The molecule has 1 aromatic heterocycles. The van der Waals surface area contributed by atoms with Crippen molar-refractivity contribution < 1.29 is 4.74 Å². The molecule has 0 radical (unpaired) electrons. The van der Waals surface area contributed by atoms with Crippen molar-refractivity contribution in [2.24, 2.45) is 0 Å². The first kappa shape index (κ1) is 16.3. The van der Waals surface area contributed by atoms with Gasteiger partial charge in [0.1, 0.15) is 12.4 Å². The molecule has 0 aliphatic rings. The Labute approximate surface area is 132 Å². The van der Waals surface area contributed by atoms with E-state index in [1.807, 2.05) is 19.1 Å². The van der Waals surface area contributed by atoms with Gasteiger partial charge in [-0.1, -0.05) is 24.8 Å². The molecule has 4 nitrogen and oxygen atoms in total. The van der Waals surface area contributed by atoms with Crippen LogP contribution in [-0.4, -0.2) is 22.9 Å². The van der Waals surface area contributed by atoms with E-state index in [1.54, 1.807) is 6.08 Å². The van der Waals surface area contributed by atoms with Gasteiger partial charge in [0.25, 0.3) is 0 Å². The lowest BCUT2D eigenvalue weighted by Crippen LogP contribution is -2.17. The van der Waals surface area contributed by atoms with Gasteiger partial charge in [-0.25, -0.2) is 0 Å². The van der Waals surface area contributed by atoms with Gasteiger partial charge >= 0.3 is 0 Å². The van der Waals surface area contributed by atoms with Crippen molar-refractivity contribution in [3.63, 3.8) is 0 Å². The molecule has 0 aliphatic heterocycles. The lowest BCUT2D eigenvalue weighted by molar-refractivity contribution is 0.363. The lowest BCUT2D eigenvalue weighted by Gasteiger charge is -2.08. The highest BCUT2D eigenvalue weighted by molar-refractivity contribution is 5.27. The summed E-state index contributed by atoms with van der Waals surface area (Å²) in [5, 5.41) is 7.93. The third-order valence-electron chi connectivity index (χ3n) is 3.45. The molecule has 0 saturated heterocycles. The number of aromatic nitrogens is 2. The average molecular weight is 299 g/mol. The van der Waals surface area contributed by atoms with Gasteiger partial charge in [-0.05, 0) is 50.6 Å². The Morgan fingerprint density at radius 1 is 1.27 bits per heavy atom. The second kappa shape index (κ2) is 8.39. The zero-order valence-corrected chi connectivity index (χ0v) is 13.5. The molecule has 118 valence electrons. The summed E-state index contributed by atoms with van der Waals surface area (Å²) in [6.45, 7) is 11.1. The minimum Gasteiger partial charge on any atom is -0.490 e. The molecule has 0 saturated carbocycles. The molecule has 1 aromatic carbocycles. The molecule has 0 spiro atoms. The molecule has 1 heterocycles. The van der Waals surface area contributed by atoms with Crippen LogP contribution in [-0.2, 0) is 13.1 Å². The molecule has 0 amide bonds. The highest BCUT2D eigenvalue weighted by Crippen LogP contribution is 2.12. The molecule has 0 fully saturated rings. The van der Waals surface area contributed by atoms with Crippen LogP contribution in [0.5, 0.6) is 5.75 Å². The van der Waals surface area contributed by atoms with Gasteiger partial charge in [-0.15, -0.1) is 0 Å². The number of aryl methyl sites for hydroxylation is 3. The molecular formula is C18H25N3O. The van der Waals surface area contributed by atoms with Gasteiger partial charge in [-0.3, -0.25) is 4.68 Å². The number of rotatable bonds is 9. The first-order valence-electron chi connectivity index (χ1n) is 7.73. The maximum Gasteiger partial charge on any atom is 0.119 e. The van der Waals surface area contributed by atoms with Crippen LogP contribution in [0.15, 0.2) is 43.0 Å². The second-order valence-corrected chi connectivity index (χ2v) is 5.42. The molecule has 0 unspecified atom stereocenters. The molecule has 22 heavy (non-hydrogen) atoms. The quantitative estimate of drug-likeness (QED) is 0.571. The molecule has 2 aromatic rings. The van der Waals surface area contributed by atoms with Crippen molar-refractivity contribution in [1.29, 1.82) is 0 Å². The monoisotopic (exact) mass is 299 g/mol. The standard InChI is InChI=1S/C18H25N3O/c1-4-12-22-18-8-6-17(7-9-18)14-19-10-5-11-21-16(3)13-15(2)20-21/h4,6-9,13,19H,1,5,10-12,14H2,2-3H3. The zero-order valence-electron chi connectivity index (χ0n) is 13.5. The largest absolute Gasteiger partial charge is 0.490 e. The summed E-state index contributed by atoms with van der Waals surface area (Å²) >= 11 is 0. The fraction of sp³-hybridized carbons (Fsp3) is 0.389. The summed E-state index contributed by atoms with van der Waals surface area (Å²) in [7, 11) is 0. The van der Waals surface area contributed by atoms with Crippen molar-refractivity contribution >= 4 is 0 Å². The van der Waals surface area contributed by atoms with E-state index in [4.69, 9.17) is 4.74 Å². The van der Waals surface area contributed by atoms with E-state index in [9.17, 15) is 0 Å². The van der Waals surface area contributed by atoms with Crippen LogP contribution in [0.4, 0.5) is 0 Å². The van der Waals surface area contributed by atoms with E-state index >= 15 is 0 Å². The maximum atomic E-state index is 5.47. The SMILES string of the molecule is C=CCOc1ccc(CNCCCn2nc(C)cc2C)cc1. The predicted octanol–water partition coefficient (Wildman–Crippen LogP) is 3.24. The van der Waals surface area contributed by atoms with Gasteiger partial charge in [-0.2, -0.15) is 5.10 Å². The molecule has 2 rings (SSSR count). The molecule has 1 N–H and O–H groups in total. The molecular weight excluding hydrogens is 274 g/mol. The second-order valence-electron chi connectivity index (χ2n) is 5.42. The summed E-state index contributed by atoms with van der Waals surface area (Å²) in [6, 6.07) is 10.3. The Morgan fingerprint density at radius 2 is 2.05 bits per heavy atom. The third-order valence-corrected chi connectivity index (χ3v) is 3.45. The van der Waals surface area contributed by atoms with Crippen LogP contribution in [0.1, 0.15) is 23.4 Å². The minimum atomic E-state index is 0.546. The topological polar surface area (TPSA) is 39.1 Å². The Kier molecular flexibility index (Phi) is 6.22. The molecule has 0 aliphatic carbocycles. The summed E-state index contributed by atoms with van der Waals surface area (Å²) in [4.78, 5) is 0. The van der Waals surface area contributed by atoms with E-state index in [1.165, 1.54) is 11.3 Å². The van der Waals surface area contributed by atoms with Gasteiger partial charge in [0.05, 0.1) is 5.69 Å². The van der Waals surface area contributed by atoms with Crippen molar-refractivity contribution in [2.75, 3.05) is 13.2 Å². The number of benzene rings is 1. The zero-order chi connectivity index (χ0) is 15.8. The highest BCUT2D eigenvalue weighted by atomic mass is 16.5. The van der Waals surface area contributed by atoms with Crippen molar-refractivity contribution in [1.82, 2.24) is 15.1 Å². The minimum absolute atomic E-state index is 0.546. The Hall–Kier alpha value is -2.07. The van der Waals surface area contributed by atoms with E-state index < -0.39 is 0 Å². The number of hydrogen-bond acceptors (Lipinski definition) is 3. The molecule has 4 heteroatoms. The van der Waals surface area contributed by atoms with E-state index in [-0.39, 0.29) is 0 Å². The summed E-state index contributed by atoms with van der Waals surface area (Å²) in [6.07, 6.45) is 2.82. The average Bonchev–Trinajstić information content (AvgIpc) is 2.84. The fourth-order valence-electron chi connectivity index (χ4n) is 2.35. The number of ether oxygens (including phenoxy) is 1. The Morgan fingerprint density at radius 3 is 2.68 bits per heavy atom. The number of nitrogens with zero attached hydrogens (tertiary/aromatic N) is 2. The first-order chi connectivity index (χ1) is 10.7. The van der Waals surface area contributed by atoms with E-state index in [0.29, 0.717) is 6.61 Å². The predicted molar refractivity (Wildman–Crippen MR) is 90.2 cm³/mol. The van der Waals surface area contributed by atoms with E-state index in [2.05, 4.69) is 46.8 Å². The van der Waals surface area contributed by atoms with E-state index in [0.717, 1.165) is 37.5 Å². The van der Waals surface area contributed by atoms with Gasteiger partial charge in [0, 0.05) is 18.8 Å². The van der Waals surface area contributed by atoms with Crippen molar-refractivity contribution in [3.05, 3.63) is 59.9 Å². The lowest BCUT2D eigenvalue weighted by atomic mass is 10.2. The maximum absolute atomic E-state index is 5.47. The number of nitrogens with one attached hydrogen (secondary N) is 1. The van der Waals surface area contributed by atoms with Crippen LogP contribution < -0.4 is 10.1 Å². The van der Waals surface area contributed by atoms with Crippen LogP contribution in [0.3, 0.4) is 0 Å². The summed E-state index contributed by atoms with van der Waals surface area (Å²) in [5.41, 5.74) is 3.58. The number of hydrogen-bond donors (Lipinski definition) is 1. The van der Waals surface area contributed by atoms with Crippen molar-refractivity contribution in [3.8, 4) is 5.75 Å².